The van der Waals surface area contributed by atoms with E-state index in [0.29, 0.717) is 16.9 Å². The molecule has 3 saturated carbocycles. The van der Waals surface area contributed by atoms with Gasteiger partial charge in [0.15, 0.2) is 0 Å². The van der Waals surface area contributed by atoms with Crippen LogP contribution in [0.5, 0.6) is 0 Å². The quantitative estimate of drug-likeness (QED) is 0.152. The van der Waals surface area contributed by atoms with Gasteiger partial charge in [0.05, 0.1) is 10.5 Å². The molecule has 5 nitrogen and oxygen atoms in total. The molecule has 0 amide bonds. The summed E-state index contributed by atoms with van der Waals surface area (Å²) in [5.74, 6) is 4.10. The van der Waals surface area contributed by atoms with E-state index in [-0.39, 0.29) is 23.2 Å². The average molecular weight is 534 g/mol. The summed E-state index contributed by atoms with van der Waals surface area (Å²) in [7, 11) is 0. The second-order valence-corrected chi connectivity index (χ2v) is 14.0. The summed E-state index contributed by atoms with van der Waals surface area (Å²) in [4.78, 5) is 23.3. The van der Waals surface area contributed by atoms with Gasteiger partial charge in [0, 0.05) is 18.6 Å². The third kappa shape index (κ3) is 5.23. The van der Waals surface area contributed by atoms with Crippen LogP contribution in [0.15, 0.2) is 48.1 Å². The average Bonchev–Trinajstić information content (AvgIpc) is 3.26. The number of hydrogen-bond donors (Lipinski definition) is 0. The summed E-state index contributed by atoms with van der Waals surface area (Å²) in [5, 5.41) is 10.9. The molecule has 0 heterocycles. The van der Waals surface area contributed by atoms with E-state index in [1.54, 1.807) is 0 Å². The number of rotatable bonds is 7. The van der Waals surface area contributed by atoms with Gasteiger partial charge in [0.25, 0.3) is 5.69 Å². The molecule has 5 rings (SSSR count). The Morgan fingerprint density at radius 2 is 1.82 bits per heavy atom. The number of nitro benzene ring substituents is 1. The molecule has 0 N–H and O–H groups in total. The SMILES string of the molecule is CC(C)CC=CC(C)C1CCC2C3CC=C4CC(OC(=O)c5ccc([N+](=O)[O-])cc5)CCC4(C)C3CCC12C. The number of fused-ring (bicyclic) bond motifs is 5. The summed E-state index contributed by atoms with van der Waals surface area (Å²) < 4.78 is 5.92. The predicted octanol–water partition coefficient (Wildman–Crippen LogP) is 8.94. The van der Waals surface area contributed by atoms with Crippen LogP contribution < -0.4 is 0 Å². The van der Waals surface area contributed by atoms with Crippen LogP contribution in [0.25, 0.3) is 0 Å². The van der Waals surface area contributed by atoms with Crippen LogP contribution in [0.2, 0.25) is 0 Å². The van der Waals surface area contributed by atoms with Crippen molar-refractivity contribution in [3.63, 3.8) is 0 Å². The number of nitro groups is 1. The van der Waals surface area contributed by atoms with Gasteiger partial charge in [-0.2, -0.15) is 0 Å². The molecule has 0 spiro atoms. The summed E-state index contributed by atoms with van der Waals surface area (Å²) in [5.41, 5.74) is 2.52. The zero-order chi connectivity index (χ0) is 27.9. The molecule has 212 valence electrons. The maximum Gasteiger partial charge on any atom is 0.338 e. The zero-order valence-corrected chi connectivity index (χ0v) is 24.5. The number of allylic oxidation sites excluding steroid dienone is 3. The first kappa shape index (κ1) is 28.1. The maximum absolute atomic E-state index is 12.8. The Kier molecular flexibility index (Phi) is 7.83. The van der Waals surface area contributed by atoms with Gasteiger partial charge in [-0.05, 0) is 110 Å². The summed E-state index contributed by atoms with van der Waals surface area (Å²) >= 11 is 0. The number of nitrogens with zero attached hydrogens (tertiary/aromatic N) is 1. The Morgan fingerprint density at radius 1 is 1.08 bits per heavy atom. The van der Waals surface area contributed by atoms with Crippen molar-refractivity contribution in [1.82, 2.24) is 0 Å². The first-order valence-corrected chi connectivity index (χ1v) is 15.3. The van der Waals surface area contributed by atoms with Gasteiger partial charge >= 0.3 is 5.97 Å². The van der Waals surface area contributed by atoms with E-state index in [1.807, 2.05) is 0 Å². The molecule has 39 heavy (non-hydrogen) atoms. The topological polar surface area (TPSA) is 69.4 Å². The molecular formula is C34H47NO4. The highest BCUT2D eigenvalue weighted by Crippen LogP contribution is 2.67. The molecule has 8 unspecified atom stereocenters. The molecular weight excluding hydrogens is 486 g/mol. The standard InChI is InChI=1S/C34H47NO4/c1-22(2)7-6-8-23(3)29-15-16-30-28-14-11-25-21-27(17-19-33(25,4)31(28)18-20-34(29,30)5)39-32(36)24-9-12-26(13-10-24)35(37)38/h6,8-13,22-23,27-31H,7,14-21H2,1-5H3. The molecule has 5 heteroatoms. The Bertz CT molecular complexity index is 1140. The van der Waals surface area contributed by atoms with Crippen molar-refractivity contribution >= 4 is 11.7 Å². The number of non-ortho nitro benzene ring substituents is 1. The molecule has 0 bridgehead atoms. The van der Waals surface area contributed by atoms with Crippen molar-refractivity contribution < 1.29 is 14.5 Å². The fourth-order valence-electron chi connectivity index (χ4n) is 9.27. The largest absolute Gasteiger partial charge is 0.458 e. The van der Waals surface area contributed by atoms with Crippen LogP contribution in [-0.2, 0) is 4.74 Å². The van der Waals surface area contributed by atoms with E-state index in [4.69, 9.17) is 4.74 Å². The minimum atomic E-state index is -0.453. The Balaban J connectivity index is 1.25. The van der Waals surface area contributed by atoms with Crippen LogP contribution >= 0.6 is 0 Å². The fraction of sp³-hybridized carbons (Fsp3) is 0.676. The van der Waals surface area contributed by atoms with Gasteiger partial charge in [-0.25, -0.2) is 4.79 Å². The van der Waals surface area contributed by atoms with Crippen molar-refractivity contribution in [3.8, 4) is 0 Å². The van der Waals surface area contributed by atoms with Crippen LogP contribution in [0.4, 0.5) is 5.69 Å². The minimum Gasteiger partial charge on any atom is -0.458 e. The van der Waals surface area contributed by atoms with Crippen LogP contribution in [0, 0.1) is 56.5 Å². The fourth-order valence-corrected chi connectivity index (χ4v) is 9.27. The number of esters is 1. The highest BCUT2D eigenvalue weighted by molar-refractivity contribution is 5.89. The maximum atomic E-state index is 12.8. The smallest absolute Gasteiger partial charge is 0.338 e. The lowest BCUT2D eigenvalue weighted by atomic mass is 9.47. The summed E-state index contributed by atoms with van der Waals surface area (Å²) in [6.07, 6.45) is 17.9. The van der Waals surface area contributed by atoms with E-state index in [0.717, 1.165) is 48.9 Å². The second kappa shape index (κ2) is 10.9. The monoisotopic (exact) mass is 533 g/mol. The molecule has 0 aliphatic heterocycles. The third-order valence-electron chi connectivity index (χ3n) is 11.4. The number of hydrogen-bond acceptors (Lipinski definition) is 4. The van der Waals surface area contributed by atoms with Gasteiger partial charge < -0.3 is 4.74 Å². The number of benzene rings is 1. The Morgan fingerprint density at radius 3 is 2.51 bits per heavy atom. The van der Waals surface area contributed by atoms with Gasteiger partial charge in [-0.3, -0.25) is 10.1 Å². The van der Waals surface area contributed by atoms with Crippen LogP contribution in [-0.4, -0.2) is 17.0 Å². The normalized spacial score (nSPS) is 36.6. The van der Waals surface area contributed by atoms with Gasteiger partial charge in [0.1, 0.15) is 6.10 Å². The molecule has 4 aliphatic rings. The molecule has 0 aromatic heterocycles. The Hall–Kier alpha value is -2.43. The molecule has 1 aromatic rings. The highest BCUT2D eigenvalue weighted by Gasteiger charge is 2.59. The third-order valence-corrected chi connectivity index (χ3v) is 11.4. The zero-order valence-electron chi connectivity index (χ0n) is 24.5. The van der Waals surface area contributed by atoms with Crippen molar-refractivity contribution in [1.29, 1.82) is 0 Å². The van der Waals surface area contributed by atoms with E-state index in [9.17, 15) is 14.9 Å². The van der Waals surface area contributed by atoms with E-state index < -0.39 is 4.92 Å². The minimum absolute atomic E-state index is 0.0175. The van der Waals surface area contributed by atoms with E-state index in [2.05, 4.69) is 52.8 Å². The Labute approximate surface area is 234 Å². The molecule has 0 saturated heterocycles. The van der Waals surface area contributed by atoms with Crippen molar-refractivity contribution in [2.24, 2.45) is 46.3 Å². The number of carbonyl (C=O) groups excluding carboxylic acids is 1. The summed E-state index contributed by atoms with van der Waals surface area (Å²) in [6.45, 7) is 12.2. The molecule has 0 radical (unpaired) electrons. The van der Waals surface area contributed by atoms with Crippen LogP contribution in [0.1, 0.15) is 103 Å². The lowest BCUT2D eigenvalue weighted by Gasteiger charge is -2.58. The van der Waals surface area contributed by atoms with E-state index in [1.165, 1.54) is 68.4 Å². The van der Waals surface area contributed by atoms with Gasteiger partial charge in [-0.1, -0.05) is 58.4 Å². The van der Waals surface area contributed by atoms with E-state index >= 15 is 0 Å². The van der Waals surface area contributed by atoms with Crippen molar-refractivity contribution in [3.05, 3.63) is 63.7 Å². The highest BCUT2D eigenvalue weighted by atomic mass is 16.6. The summed E-state index contributed by atoms with van der Waals surface area (Å²) in [6, 6.07) is 5.72. The van der Waals surface area contributed by atoms with Crippen molar-refractivity contribution in [2.75, 3.05) is 0 Å². The molecule has 4 aliphatic carbocycles. The van der Waals surface area contributed by atoms with Gasteiger partial charge in [-0.15, -0.1) is 0 Å². The van der Waals surface area contributed by atoms with Gasteiger partial charge in [0.2, 0.25) is 0 Å². The molecule has 3 fully saturated rings. The molecule has 8 atom stereocenters. The van der Waals surface area contributed by atoms with Crippen LogP contribution in [0.3, 0.4) is 0 Å². The van der Waals surface area contributed by atoms with Crippen molar-refractivity contribution in [2.45, 2.75) is 98.5 Å². The number of ether oxygens (including phenoxy) is 1. The second-order valence-electron chi connectivity index (χ2n) is 14.0. The molecule has 1 aromatic carbocycles. The lowest BCUT2D eigenvalue weighted by molar-refractivity contribution is -0.384. The number of carbonyl (C=O) groups is 1. The predicted molar refractivity (Wildman–Crippen MR) is 155 cm³/mol. The lowest BCUT2D eigenvalue weighted by Crippen LogP contribution is -2.51. The first-order chi connectivity index (χ1) is 18.5. The first-order valence-electron chi connectivity index (χ1n) is 15.3.